The smallest absolute Gasteiger partial charge is 0.139 e. The van der Waals surface area contributed by atoms with Crippen molar-refractivity contribution >= 4 is 168 Å². The van der Waals surface area contributed by atoms with E-state index in [1.54, 1.807) is 0 Å². The molecule has 0 bridgehead atoms. The lowest BCUT2D eigenvalue weighted by Gasteiger charge is -2.51. The van der Waals surface area contributed by atoms with Gasteiger partial charge in [-0.25, -0.2) is 0 Å². The quantitative estimate of drug-likeness (QED) is 0.161. The van der Waals surface area contributed by atoms with Crippen molar-refractivity contribution < 1.29 is 9.47 Å². The fourth-order valence-electron chi connectivity index (χ4n) is 13.6. The van der Waals surface area contributed by atoms with Crippen molar-refractivity contribution in [3.8, 4) is 23.0 Å². The van der Waals surface area contributed by atoms with Crippen molar-refractivity contribution in [2.45, 2.75) is 0 Å². The molecule has 0 spiro atoms. The largest absolute Gasteiger partial charge is 0.456 e. The van der Waals surface area contributed by atoms with E-state index in [-0.39, 0.29) is 0 Å². The van der Waals surface area contributed by atoms with Gasteiger partial charge in [0, 0.05) is 54.9 Å². The molecular weight excluding hydrogens is 1010 g/mol. The number of benzene rings is 12. The first kappa shape index (κ1) is 41.8. The van der Waals surface area contributed by atoms with Gasteiger partial charge in [0.1, 0.15) is 23.0 Å². The van der Waals surface area contributed by atoms with Crippen molar-refractivity contribution in [3.63, 3.8) is 0 Å². The molecule has 0 saturated carbocycles. The van der Waals surface area contributed by atoms with Gasteiger partial charge < -0.3 is 29.1 Å². The zero-order chi connectivity index (χ0) is 49.8. The van der Waals surface area contributed by atoms with E-state index in [4.69, 9.17) is 33.1 Å². The third-order valence-electron chi connectivity index (χ3n) is 16.4. The molecule has 6 nitrogen and oxygen atoms in total. The van der Waals surface area contributed by atoms with Crippen LogP contribution in [0.5, 0.6) is 23.0 Å². The van der Waals surface area contributed by atoms with Gasteiger partial charge in [-0.05, 0) is 108 Å². The van der Waals surface area contributed by atoms with Crippen molar-refractivity contribution in [2.75, 3.05) is 19.6 Å². The second-order valence-corrected chi connectivity index (χ2v) is 28.6. The first-order valence-electron chi connectivity index (χ1n) is 25.6. The standard InChI is InChI=1S/C66H38N4O2P2S2/c75-73-61-49-31-17-33-51(61)69(43-25-9-3-10-26-43)59-47-38-56-66-60(48(47)37-55(65(59)73)71-53-35-39-19-13-15-29-45(39)57(63(53)73)67(49)41-21-5-1-6-22-41)70(44-27-11-4-12-28-44)52-34-18-32-50-62(52)74(66,76)64-54(72-56)36-40-20-14-16-30-46(40)58(64)68(50)42-23-7-2-8-24-42/h1-38H. The molecule has 0 aromatic heterocycles. The number of fused-ring (bicyclic) bond motifs is 7. The van der Waals surface area contributed by atoms with Gasteiger partial charge >= 0.3 is 0 Å². The van der Waals surface area contributed by atoms with Gasteiger partial charge in [-0.3, -0.25) is 0 Å². The molecular formula is C66H38N4O2P2S2. The summed E-state index contributed by atoms with van der Waals surface area (Å²) < 4.78 is 15.3. The van der Waals surface area contributed by atoms with Gasteiger partial charge in [-0.1, -0.05) is 157 Å². The molecule has 0 fully saturated rings. The number of para-hydroxylation sites is 4. The molecule has 6 heterocycles. The Morgan fingerprint density at radius 2 is 0.539 bits per heavy atom. The maximum absolute atomic E-state index is 7.69. The van der Waals surface area contributed by atoms with Crippen molar-refractivity contribution in [2.24, 2.45) is 0 Å². The number of ether oxygens (including phenoxy) is 2. The zero-order valence-corrected chi connectivity index (χ0v) is 43.7. The summed E-state index contributed by atoms with van der Waals surface area (Å²) in [5.41, 5.74) is 12.7. The van der Waals surface area contributed by atoms with Crippen LogP contribution in [0.3, 0.4) is 0 Å². The Morgan fingerprint density at radius 1 is 0.263 bits per heavy atom. The summed E-state index contributed by atoms with van der Waals surface area (Å²) in [6.45, 7) is 0. The first-order chi connectivity index (χ1) is 37.5. The normalized spacial score (nSPS) is 18.1. The zero-order valence-electron chi connectivity index (χ0n) is 40.3. The molecule has 12 aromatic carbocycles. The van der Waals surface area contributed by atoms with E-state index in [2.05, 4.69) is 250 Å². The minimum absolute atomic E-state index is 0.775. The third kappa shape index (κ3) is 5.00. The van der Waals surface area contributed by atoms with E-state index in [1.165, 1.54) is 0 Å². The maximum atomic E-state index is 7.69. The van der Waals surface area contributed by atoms with Crippen LogP contribution in [0.1, 0.15) is 0 Å². The van der Waals surface area contributed by atoms with Crippen LogP contribution in [0.15, 0.2) is 231 Å². The van der Waals surface area contributed by atoms with E-state index in [1.807, 2.05) is 0 Å². The summed E-state index contributed by atoms with van der Waals surface area (Å²) in [6, 6.07) is 77.2. The SMILES string of the molecule is S=P12c3c4cccc3N(c3ccccc3)c3c1c(cc1c5c6c(cc31)Oc1cc3ccccc3c3c1P6(=S)c1c(cccc1N5c1ccccc1)N3c1ccccc1)Oc1cc3ccccc3c(c12)N4c1ccccc1. The van der Waals surface area contributed by atoms with Crippen LogP contribution in [0.2, 0.25) is 0 Å². The van der Waals surface area contributed by atoms with Crippen LogP contribution in [0.4, 0.5) is 68.2 Å². The molecule has 0 N–H and O–H groups in total. The fourth-order valence-corrected chi connectivity index (χ4v) is 24.0. The van der Waals surface area contributed by atoms with Crippen LogP contribution in [0, 0.1) is 0 Å². The highest BCUT2D eigenvalue weighted by molar-refractivity contribution is 8.27. The number of nitrogens with zero attached hydrogens (tertiary/aromatic N) is 4. The molecule has 0 amide bonds. The summed E-state index contributed by atoms with van der Waals surface area (Å²) in [5.74, 6) is 3.16. The van der Waals surface area contributed by atoms with E-state index in [9.17, 15) is 0 Å². The second-order valence-electron chi connectivity index (χ2n) is 20.2. The molecule has 0 radical (unpaired) electrons. The molecule has 6 aliphatic rings. The summed E-state index contributed by atoms with van der Waals surface area (Å²) in [5, 5.41) is 13.1. The summed E-state index contributed by atoms with van der Waals surface area (Å²) in [6.07, 6.45) is 0. The number of rotatable bonds is 4. The lowest BCUT2D eigenvalue weighted by Crippen LogP contribution is -2.46. The van der Waals surface area contributed by atoms with E-state index in [0.717, 1.165) is 155 Å². The van der Waals surface area contributed by atoms with E-state index < -0.39 is 12.1 Å². The molecule has 0 saturated heterocycles. The lowest BCUT2D eigenvalue weighted by molar-refractivity contribution is 0.488. The van der Waals surface area contributed by atoms with Crippen LogP contribution in [-0.4, -0.2) is 0 Å². The topological polar surface area (TPSA) is 31.4 Å². The second kappa shape index (κ2) is 14.7. The van der Waals surface area contributed by atoms with Gasteiger partial charge in [-0.2, -0.15) is 0 Å². The van der Waals surface area contributed by atoms with Gasteiger partial charge in [0.25, 0.3) is 0 Å². The Morgan fingerprint density at radius 3 is 0.868 bits per heavy atom. The highest BCUT2D eigenvalue weighted by atomic mass is 32.4. The summed E-state index contributed by atoms with van der Waals surface area (Å²) in [4.78, 5) is 9.82. The van der Waals surface area contributed by atoms with Crippen LogP contribution in [0.25, 0.3) is 32.3 Å². The fraction of sp³-hybridized carbons (Fsp3) is 0. The van der Waals surface area contributed by atoms with Gasteiger partial charge in [-0.15, -0.1) is 0 Å². The third-order valence-corrected chi connectivity index (χ3v) is 26.1. The molecule has 6 aliphatic heterocycles. The van der Waals surface area contributed by atoms with Gasteiger partial charge in [0.15, 0.2) is 0 Å². The molecule has 12 aromatic rings. The highest BCUT2D eigenvalue weighted by Crippen LogP contribution is 2.71. The highest BCUT2D eigenvalue weighted by Gasteiger charge is 2.55. The number of anilines is 12. The Kier molecular flexibility index (Phi) is 8.07. The summed E-state index contributed by atoms with van der Waals surface area (Å²) >= 11 is 15.4. The maximum Gasteiger partial charge on any atom is 0.139 e. The van der Waals surface area contributed by atoms with Crippen molar-refractivity contribution in [1.29, 1.82) is 0 Å². The number of hydrogen-bond donors (Lipinski definition) is 0. The average molecular weight is 1050 g/mol. The van der Waals surface area contributed by atoms with E-state index >= 15 is 0 Å². The molecule has 18 rings (SSSR count). The van der Waals surface area contributed by atoms with Gasteiger partial charge in [0.05, 0.1) is 78.8 Å². The van der Waals surface area contributed by atoms with Crippen LogP contribution < -0.4 is 60.9 Å². The van der Waals surface area contributed by atoms with Crippen molar-refractivity contribution in [3.05, 3.63) is 231 Å². The predicted octanol–water partition coefficient (Wildman–Crippen LogP) is 16.0. The van der Waals surface area contributed by atoms with Crippen LogP contribution in [-0.2, 0) is 23.6 Å². The molecule has 76 heavy (non-hydrogen) atoms. The monoisotopic (exact) mass is 1040 g/mol. The minimum Gasteiger partial charge on any atom is -0.456 e. The van der Waals surface area contributed by atoms with Crippen molar-refractivity contribution in [1.82, 2.24) is 0 Å². The molecule has 0 aliphatic carbocycles. The Labute approximate surface area is 447 Å². The first-order valence-corrected chi connectivity index (χ1v) is 31.2. The predicted molar refractivity (Wildman–Crippen MR) is 324 cm³/mol. The average Bonchev–Trinajstić information content (AvgIpc) is 2.04. The molecule has 2 atom stereocenters. The van der Waals surface area contributed by atoms with Gasteiger partial charge in [0.2, 0.25) is 0 Å². The Balaban J connectivity index is 1.03. The van der Waals surface area contributed by atoms with Crippen LogP contribution >= 0.6 is 12.1 Å². The molecule has 356 valence electrons. The minimum atomic E-state index is -2.96. The number of hydrogen-bond acceptors (Lipinski definition) is 8. The van der Waals surface area contributed by atoms with E-state index in [0.29, 0.717) is 0 Å². The Bertz CT molecular complexity index is 4450. The molecule has 2 unspecified atom stereocenters. The molecule has 10 heteroatoms. The Hall–Kier alpha value is -8.48. The lowest BCUT2D eigenvalue weighted by atomic mass is 9.99. The summed E-state index contributed by atoms with van der Waals surface area (Å²) in [7, 11) is 0.